The summed E-state index contributed by atoms with van der Waals surface area (Å²) in [6.07, 6.45) is 2.91. The average molecular weight is 255 g/mol. The van der Waals surface area contributed by atoms with Crippen LogP contribution in [-0.4, -0.2) is 23.9 Å². The maximum Gasteiger partial charge on any atom is 0.305 e. The Morgan fingerprint density at radius 3 is 2.67 bits per heavy atom. The van der Waals surface area contributed by atoms with Crippen LogP contribution < -0.4 is 0 Å². The van der Waals surface area contributed by atoms with Gasteiger partial charge in [0.1, 0.15) is 5.60 Å². The van der Waals surface area contributed by atoms with Crippen LogP contribution in [0.2, 0.25) is 0 Å². The summed E-state index contributed by atoms with van der Waals surface area (Å²) in [7, 11) is 0. The molecular formula is C14H25NO3. The van der Waals surface area contributed by atoms with Crippen LogP contribution in [0.1, 0.15) is 60.3 Å². The van der Waals surface area contributed by atoms with E-state index in [4.69, 9.17) is 9.57 Å². The van der Waals surface area contributed by atoms with Gasteiger partial charge in [0.15, 0.2) is 0 Å². The van der Waals surface area contributed by atoms with Crippen LogP contribution in [0.25, 0.3) is 0 Å². The molecule has 0 saturated heterocycles. The molecule has 0 radical (unpaired) electrons. The summed E-state index contributed by atoms with van der Waals surface area (Å²) in [6.45, 7) is 10.7. The zero-order valence-corrected chi connectivity index (χ0v) is 12.2. The molecule has 1 aliphatic heterocycles. The third-order valence-electron chi connectivity index (χ3n) is 3.18. The lowest BCUT2D eigenvalue weighted by molar-refractivity contribution is -0.143. The maximum atomic E-state index is 11.3. The molecule has 0 aliphatic carbocycles. The summed E-state index contributed by atoms with van der Waals surface area (Å²) in [4.78, 5) is 16.8. The van der Waals surface area contributed by atoms with Crippen molar-refractivity contribution in [2.45, 2.75) is 65.9 Å². The quantitative estimate of drug-likeness (QED) is 0.708. The lowest BCUT2D eigenvalue weighted by Crippen LogP contribution is -2.28. The minimum absolute atomic E-state index is 0.0545. The molecule has 1 unspecified atom stereocenters. The third kappa shape index (κ3) is 4.31. The van der Waals surface area contributed by atoms with Crippen molar-refractivity contribution >= 4 is 11.7 Å². The maximum absolute atomic E-state index is 11.3. The Balaban J connectivity index is 2.35. The number of rotatable bonds is 5. The van der Waals surface area contributed by atoms with Crippen molar-refractivity contribution < 1.29 is 14.4 Å². The molecular weight excluding hydrogens is 230 g/mol. The van der Waals surface area contributed by atoms with E-state index in [9.17, 15) is 4.79 Å². The zero-order valence-electron chi connectivity index (χ0n) is 12.2. The number of hydrogen-bond acceptors (Lipinski definition) is 4. The molecule has 1 rings (SSSR count). The van der Waals surface area contributed by atoms with E-state index in [0.717, 1.165) is 25.0 Å². The van der Waals surface area contributed by atoms with Crippen molar-refractivity contribution in [1.29, 1.82) is 0 Å². The fraction of sp³-hybridized carbons (Fsp3) is 0.857. The second kappa shape index (κ2) is 5.72. The van der Waals surface area contributed by atoms with E-state index in [1.807, 2.05) is 6.92 Å². The first-order valence-electron chi connectivity index (χ1n) is 6.68. The van der Waals surface area contributed by atoms with Gasteiger partial charge < -0.3 is 9.57 Å². The first kappa shape index (κ1) is 15.0. The Hall–Kier alpha value is -1.06. The number of carbonyl (C=O) groups excluding carboxylic acids is 1. The number of carbonyl (C=O) groups is 1. The molecule has 0 fully saturated rings. The monoisotopic (exact) mass is 255 g/mol. The van der Waals surface area contributed by atoms with Crippen LogP contribution in [0.5, 0.6) is 0 Å². The van der Waals surface area contributed by atoms with E-state index in [1.54, 1.807) is 0 Å². The summed E-state index contributed by atoms with van der Waals surface area (Å²) in [5.41, 5.74) is 0.898. The van der Waals surface area contributed by atoms with Gasteiger partial charge in [-0.1, -0.05) is 25.9 Å². The second-order valence-electron chi connectivity index (χ2n) is 6.16. The molecule has 4 heteroatoms. The highest BCUT2D eigenvalue weighted by Crippen LogP contribution is 2.34. The molecule has 0 amide bonds. The van der Waals surface area contributed by atoms with Crippen molar-refractivity contribution in [2.75, 3.05) is 6.61 Å². The van der Waals surface area contributed by atoms with Crippen LogP contribution in [-0.2, 0) is 14.4 Å². The molecule has 0 saturated carbocycles. The average Bonchev–Trinajstić information content (AvgIpc) is 2.61. The molecule has 1 heterocycles. The van der Waals surface area contributed by atoms with Crippen LogP contribution in [0.15, 0.2) is 5.16 Å². The topological polar surface area (TPSA) is 47.9 Å². The Bertz CT molecular complexity index is 330. The van der Waals surface area contributed by atoms with Gasteiger partial charge in [-0.2, -0.15) is 0 Å². The van der Waals surface area contributed by atoms with Gasteiger partial charge in [-0.05, 0) is 26.7 Å². The standard InChI is InChI=1S/C14H25NO3/c1-6-17-12(16)8-7-9-14(5)10-11(15-18-14)13(2,3)4/h6-10H2,1-5H3. The van der Waals surface area contributed by atoms with Crippen molar-refractivity contribution in [3.05, 3.63) is 0 Å². The molecule has 104 valence electrons. The van der Waals surface area contributed by atoms with E-state index >= 15 is 0 Å². The van der Waals surface area contributed by atoms with E-state index in [2.05, 4.69) is 32.9 Å². The highest BCUT2D eigenvalue weighted by molar-refractivity contribution is 5.90. The van der Waals surface area contributed by atoms with Crippen LogP contribution >= 0.6 is 0 Å². The molecule has 18 heavy (non-hydrogen) atoms. The smallest absolute Gasteiger partial charge is 0.305 e. The van der Waals surface area contributed by atoms with Crippen molar-refractivity contribution in [1.82, 2.24) is 0 Å². The lowest BCUT2D eigenvalue weighted by atomic mass is 9.82. The Kier molecular flexibility index (Phi) is 4.77. The molecule has 0 aromatic rings. The molecule has 0 aromatic carbocycles. The summed E-state index contributed by atoms with van der Waals surface area (Å²) in [6, 6.07) is 0. The van der Waals surface area contributed by atoms with Gasteiger partial charge in [-0.3, -0.25) is 4.79 Å². The van der Waals surface area contributed by atoms with E-state index < -0.39 is 0 Å². The summed E-state index contributed by atoms with van der Waals surface area (Å²) < 4.78 is 4.91. The van der Waals surface area contributed by atoms with Crippen molar-refractivity contribution in [3.8, 4) is 0 Å². The third-order valence-corrected chi connectivity index (χ3v) is 3.18. The van der Waals surface area contributed by atoms with Crippen LogP contribution in [0, 0.1) is 5.41 Å². The van der Waals surface area contributed by atoms with Crippen LogP contribution in [0.4, 0.5) is 0 Å². The van der Waals surface area contributed by atoms with E-state index in [1.165, 1.54) is 0 Å². The molecule has 0 bridgehead atoms. The van der Waals surface area contributed by atoms with Crippen molar-refractivity contribution in [2.24, 2.45) is 10.6 Å². The molecule has 4 nitrogen and oxygen atoms in total. The molecule has 0 spiro atoms. The van der Waals surface area contributed by atoms with Gasteiger partial charge in [0.2, 0.25) is 0 Å². The Labute approximate surface area is 110 Å². The fourth-order valence-electron chi connectivity index (χ4n) is 1.96. The Morgan fingerprint density at radius 2 is 2.17 bits per heavy atom. The predicted molar refractivity (Wildman–Crippen MR) is 71.5 cm³/mol. The molecule has 0 aromatic heterocycles. The fourth-order valence-corrected chi connectivity index (χ4v) is 1.96. The number of esters is 1. The van der Waals surface area contributed by atoms with Gasteiger partial charge >= 0.3 is 5.97 Å². The number of oxime groups is 1. The first-order chi connectivity index (χ1) is 8.27. The number of ether oxygens (including phenoxy) is 1. The minimum atomic E-state index is -0.255. The van der Waals surface area contributed by atoms with Gasteiger partial charge in [-0.25, -0.2) is 0 Å². The second-order valence-corrected chi connectivity index (χ2v) is 6.16. The van der Waals surface area contributed by atoms with Gasteiger partial charge in [0.05, 0.1) is 12.3 Å². The highest BCUT2D eigenvalue weighted by atomic mass is 16.7. The summed E-state index contributed by atoms with van der Waals surface area (Å²) >= 11 is 0. The van der Waals surface area contributed by atoms with Gasteiger partial charge in [-0.15, -0.1) is 0 Å². The molecule has 1 aliphatic rings. The van der Waals surface area contributed by atoms with Crippen LogP contribution in [0.3, 0.4) is 0 Å². The van der Waals surface area contributed by atoms with E-state index in [-0.39, 0.29) is 17.0 Å². The molecule has 0 N–H and O–H groups in total. The summed E-state index contributed by atoms with van der Waals surface area (Å²) in [5.74, 6) is -0.129. The van der Waals surface area contributed by atoms with Crippen molar-refractivity contribution in [3.63, 3.8) is 0 Å². The van der Waals surface area contributed by atoms with Gasteiger partial charge in [0.25, 0.3) is 0 Å². The Morgan fingerprint density at radius 1 is 1.50 bits per heavy atom. The van der Waals surface area contributed by atoms with Gasteiger partial charge in [0, 0.05) is 18.3 Å². The minimum Gasteiger partial charge on any atom is -0.466 e. The zero-order chi connectivity index (χ0) is 13.8. The highest BCUT2D eigenvalue weighted by Gasteiger charge is 2.38. The predicted octanol–water partition coefficient (Wildman–Crippen LogP) is 3.30. The normalized spacial score (nSPS) is 23.5. The molecule has 1 atom stereocenters. The lowest BCUT2D eigenvalue weighted by Gasteiger charge is -2.23. The summed E-state index contributed by atoms with van der Waals surface area (Å²) in [5, 5.41) is 4.19. The number of hydrogen-bond donors (Lipinski definition) is 0. The SMILES string of the molecule is CCOC(=O)CCCC1(C)CC(C(C)(C)C)=NO1. The number of nitrogens with zero attached hydrogens (tertiary/aromatic N) is 1. The van der Waals surface area contributed by atoms with E-state index in [0.29, 0.717) is 13.0 Å². The first-order valence-corrected chi connectivity index (χ1v) is 6.68. The largest absolute Gasteiger partial charge is 0.466 e.